The molecule has 1 heterocycles. The first-order valence-electron chi connectivity index (χ1n) is 9.51. The van der Waals surface area contributed by atoms with Crippen molar-refractivity contribution in [3.05, 3.63) is 59.2 Å². The van der Waals surface area contributed by atoms with Crippen LogP contribution >= 0.6 is 0 Å². The maximum atomic E-state index is 11.8. The molecule has 140 valence electrons. The second kappa shape index (κ2) is 12.0. The Kier molecular flexibility index (Phi) is 10.5. The number of rotatable bonds is 4. The molecular formula is C23H30LiNO2. The first-order chi connectivity index (χ1) is 12.5. The van der Waals surface area contributed by atoms with Gasteiger partial charge in [-0.25, -0.2) is 0 Å². The van der Waals surface area contributed by atoms with Crippen molar-refractivity contribution in [2.75, 3.05) is 13.2 Å². The standard InChI is InChI=1S/C19H23NO.C4H8O.Li/c1-13(2)16-9-7-10-17(14(3)4)19(16)20-12-15-8-5-6-11-18(15)21;1-2-4-5-3-1;/h5-14,21H,1-4H3;1-4H2;/q;;+1/p-1. The van der Waals surface area contributed by atoms with Gasteiger partial charge in [-0.3, -0.25) is 4.99 Å². The summed E-state index contributed by atoms with van der Waals surface area (Å²) in [6.07, 6.45) is 4.25. The molecule has 27 heavy (non-hydrogen) atoms. The van der Waals surface area contributed by atoms with Gasteiger partial charge in [-0.1, -0.05) is 70.2 Å². The van der Waals surface area contributed by atoms with Gasteiger partial charge in [0.2, 0.25) is 0 Å². The fourth-order valence-electron chi connectivity index (χ4n) is 2.89. The molecule has 0 N–H and O–H groups in total. The molecule has 0 radical (unpaired) electrons. The number of para-hydroxylation sites is 2. The van der Waals surface area contributed by atoms with Gasteiger partial charge in [-0.2, -0.15) is 0 Å². The summed E-state index contributed by atoms with van der Waals surface area (Å²) >= 11 is 0. The molecular weight excluding hydrogens is 329 g/mol. The van der Waals surface area contributed by atoms with E-state index in [-0.39, 0.29) is 24.6 Å². The predicted molar refractivity (Wildman–Crippen MR) is 108 cm³/mol. The van der Waals surface area contributed by atoms with Crippen molar-refractivity contribution >= 4 is 11.9 Å². The minimum Gasteiger partial charge on any atom is -0.872 e. The van der Waals surface area contributed by atoms with Gasteiger partial charge in [0.15, 0.2) is 0 Å². The molecule has 1 aliphatic rings. The number of aliphatic imine (C=N–C) groups is 1. The van der Waals surface area contributed by atoms with E-state index in [0.717, 1.165) is 18.9 Å². The molecule has 1 fully saturated rings. The van der Waals surface area contributed by atoms with E-state index in [4.69, 9.17) is 4.74 Å². The quantitative estimate of drug-likeness (QED) is 0.622. The van der Waals surface area contributed by atoms with Crippen molar-refractivity contribution in [1.29, 1.82) is 0 Å². The summed E-state index contributed by atoms with van der Waals surface area (Å²) in [5.41, 5.74) is 4.08. The Bertz CT molecular complexity index is 688. The summed E-state index contributed by atoms with van der Waals surface area (Å²) in [4.78, 5) is 4.65. The Labute approximate surface area is 176 Å². The SMILES string of the molecule is C1CCOC1.CC(C)c1cccc(C(C)C)c1N=Cc1ccccc1[O-].[Li+]. The summed E-state index contributed by atoms with van der Waals surface area (Å²) in [5.74, 6) is 0.811. The van der Waals surface area contributed by atoms with Crippen LogP contribution in [-0.4, -0.2) is 19.4 Å². The molecule has 0 spiro atoms. The van der Waals surface area contributed by atoms with Gasteiger partial charge in [-0.15, -0.1) is 5.75 Å². The van der Waals surface area contributed by atoms with Gasteiger partial charge in [0, 0.05) is 19.4 Å². The van der Waals surface area contributed by atoms with E-state index in [9.17, 15) is 5.11 Å². The Morgan fingerprint density at radius 2 is 1.44 bits per heavy atom. The summed E-state index contributed by atoms with van der Waals surface area (Å²) < 4.78 is 4.94. The van der Waals surface area contributed by atoms with Crippen LogP contribution in [0.25, 0.3) is 0 Å². The number of benzene rings is 2. The molecule has 0 saturated carbocycles. The molecule has 4 heteroatoms. The van der Waals surface area contributed by atoms with E-state index >= 15 is 0 Å². The van der Waals surface area contributed by atoms with Gasteiger partial charge >= 0.3 is 18.9 Å². The van der Waals surface area contributed by atoms with Gasteiger partial charge < -0.3 is 9.84 Å². The number of hydrogen-bond acceptors (Lipinski definition) is 3. The molecule has 3 nitrogen and oxygen atoms in total. The van der Waals surface area contributed by atoms with E-state index < -0.39 is 0 Å². The van der Waals surface area contributed by atoms with Crippen LogP contribution in [0.4, 0.5) is 5.69 Å². The van der Waals surface area contributed by atoms with Crippen molar-refractivity contribution < 1.29 is 28.7 Å². The molecule has 2 aromatic rings. The molecule has 0 bridgehead atoms. The fourth-order valence-corrected chi connectivity index (χ4v) is 2.89. The zero-order chi connectivity index (χ0) is 18.9. The van der Waals surface area contributed by atoms with Gasteiger partial charge in [-0.05, 0) is 41.4 Å². The first-order valence-corrected chi connectivity index (χ1v) is 9.51. The molecule has 0 amide bonds. The van der Waals surface area contributed by atoms with Crippen LogP contribution < -0.4 is 24.0 Å². The van der Waals surface area contributed by atoms with E-state index in [1.54, 1.807) is 24.4 Å². The smallest absolute Gasteiger partial charge is 0.872 e. The fraction of sp³-hybridized carbons (Fsp3) is 0.435. The average molecular weight is 359 g/mol. The Balaban J connectivity index is 0.000000526. The molecule has 0 aromatic heterocycles. The minimum atomic E-state index is 0. The average Bonchev–Trinajstić information content (AvgIpc) is 3.20. The Morgan fingerprint density at radius 3 is 1.89 bits per heavy atom. The van der Waals surface area contributed by atoms with Gasteiger partial charge in [0.25, 0.3) is 0 Å². The second-order valence-corrected chi connectivity index (χ2v) is 7.21. The van der Waals surface area contributed by atoms with Crippen LogP contribution in [0.15, 0.2) is 47.5 Å². The van der Waals surface area contributed by atoms with E-state index in [1.807, 2.05) is 6.07 Å². The largest absolute Gasteiger partial charge is 1.00 e. The molecule has 0 atom stereocenters. The number of nitrogens with zero attached hydrogens (tertiary/aromatic N) is 1. The van der Waals surface area contributed by atoms with Crippen molar-refractivity contribution in [3.8, 4) is 5.75 Å². The third kappa shape index (κ3) is 7.18. The Hall–Kier alpha value is -1.53. The third-order valence-electron chi connectivity index (χ3n) is 4.42. The summed E-state index contributed by atoms with van der Waals surface area (Å²) in [6.45, 7) is 10.7. The van der Waals surface area contributed by atoms with Crippen LogP contribution in [-0.2, 0) is 4.74 Å². The van der Waals surface area contributed by atoms with E-state index in [1.165, 1.54) is 24.0 Å². The van der Waals surface area contributed by atoms with Gasteiger partial charge in [0.1, 0.15) is 0 Å². The topological polar surface area (TPSA) is 44.6 Å². The normalized spacial score (nSPS) is 13.6. The monoisotopic (exact) mass is 359 g/mol. The van der Waals surface area contributed by atoms with Crippen molar-refractivity contribution in [2.24, 2.45) is 4.99 Å². The summed E-state index contributed by atoms with van der Waals surface area (Å²) in [5, 5.41) is 11.8. The van der Waals surface area contributed by atoms with Crippen LogP contribution in [0.1, 0.15) is 69.1 Å². The van der Waals surface area contributed by atoms with Crippen LogP contribution in [0.3, 0.4) is 0 Å². The predicted octanol–water partition coefficient (Wildman–Crippen LogP) is 2.56. The third-order valence-corrected chi connectivity index (χ3v) is 4.42. The minimum absolute atomic E-state index is 0. The molecule has 2 aromatic carbocycles. The van der Waals surface area contributed by atoms with E-state index in [2.05, 4.69) is 50.9 Å². The first kappa shape index (κ1) is 23.5. The number of hydrogen-bond donors (Lipinski definition) is 0. The molecule has 1 aliphatic heterocycles. The van der Waals surface area contributed by atoms with Crippen molar-refractivity contribution in [2.45, 2.75) is 52.4 Å². The van der Waals surface area contributed by atoms with Crippen molar-refractivity contribution in [1.82, 2.24) is 0 Å². The van der Waals surface area contributed by atoms with Crippen LogP contribution in [0, 0.1) is 0 Å². The Morgan fingerprint density at radius 1 is 0.889 bits per heavy atom. The van der Waals surface area contributed by atoms with Crippen LogP contribution in [0.5, 0.6) is 5.75 Å². The zero-order valence-corrected chi connectivity index (χ0v) is 17.4. The van der Waals surface area contributed by atoms with E-state index in [0.29, 0.717) is 17.4 Å². The van der Waals surface area contributed by atoms with Crippen molar-refractivity contribution in [3.63, 3.8) is 0 Å². The second-order valence-electron chi connectivity index (χ2n) is 7.21. The van der Waals surface area contributed by atoms with Crippen LogP contribution in [0.2, 0.25) is 0 Å². The number of ether oxygens (including phenoxy) is 1. The molecule has 1 saturated heterocycles. The summed E-state index contributed by atoms with van der Waals surface area (Å²) in [6, 6.07) is 13.3. The molecule has 0 aliphatic carbocycles. The summed E-state index contributed by atoms with van der Waals surface area (Å²) in [7, 11) is 0. The molecule has 3 rings (SSSR count). The maximum Gasteiger partial charge on any atom is 1.00 e. The molecule has 0 unspecified atom stereocenters. The van der Waals surface area contributed by atoms with Gasteiger partial charge in [0.05, 0.1) is 5.69 Å². The zero-order valence-electron chi connectivity index (χ0n) is 17.4. The maximum absolute atomic E-state index is 11.8.